The molecule has 0 radical (unpaired) electrons. The number of pyridine rings is 1. The number of nitrogens with zero attached hydrogens (tertiary/aromatic N) is 4. The maximum absolute atomic E-state index is 13.5. The van der Waals surface area contributed by atoms with Crippen molar-refractivity contribution in [2.24, 2.45) is 11.8 Å². The Morgan fingerprint density at radius 2 is 1.93 bits per heavy atom. The monoisotopic (exact) mass is 360 g/mol. The number of anilines is 1. The number of imide groups is 1. The average molecular weight is 360 g/mol. The van der Waals surface area contributed by atoms with Crippen LogP contribution in [0.15, 0.2) is 36.7 Å². The molecule has 5 rings (SSSR count). The van der Waals surface area contributed by atoms with Crippen molar-refractivity contribution in [1.82, 2.24) is 9.88 Å². The molecule has 2 aliphatic carbocycles. The molecule has 6 nitrogen and oxygen atoms in total. The van der Waals surface area contributed by atoms with Gasteiger partial charge in [-0.25, -0.2) is 9.69 Å². The number of carbonyl (C=O) groups excluding carboxylic acids is 2. The standard InChI is InChI=1S/C21H20N4O2/c22-8-9-24-20(27)25(18-13-23-12-15-4-1-2-7-17(15)18)19(26)21(24)10-16(11-21)14-5-3-6-14/h1-2,4,7,12-14,16H,3,5-6,9-11H2. The number of benzene rings is 1. The molecular weight excluding hydrogens is 340 g/mol. The fourth-order valence-electron chi connectivity index (χ4n) is 4.94. The Hall–Kier alpha value is -2.94. The van der Waals surface area contributed by atoms with Crippen LogP contribution in [0, 0.1) is 23.2 Å². The van der Waals surface area contributed by atoms with E-state index in [1.807, 2.05) is 24.3 Å². The van der Waals surface area contributed by atoms with Gasteiger partial charge in [-0.2, -0.15) is 5.26 Å². The summed E-state index contributed by atoms with van der Waals surface area (Å²) in [6.45, 7) is -0.0589. The van der Waals surface area contributed by atoms with Crippen molar-refractivity contribution in [2.75, 3.05) is 11.4 Å². The maximum atomic E-state index is 13.5. The highest BCUT2D eigenvalue weighted by molar-refractivity contribution is 6.26. The molecule has 136 valence electrons. The zero-order chi connectivity index (χ0) is 18.6. The van der Waals surface area contributed by atoms with E-state index in [2.05, 4.69) is 11.1 Å². The zero-order valence-electron chi connectivity index (χ0n) is 15.0. The molecule has 6 heteroatoms. The summed E-state index contributed by atoms with van der Waals surface area (Å²) in [6, 6.07) is 9.27. The number of amides is 3. The number of hydrogen-bond acceptors (Lipinski definition) is 4. The minimum atomic E-state index is -0.843. The van der Waals surface area contributed by atoms with Crippen LogP contribution in [-0.4, -0.2) is 33.9 Å². The van der Waals surface area contributed by atoms with Crippen LogP contribution in [0.4, 0.5) is 10.5 Å². The molecule has 0 bridgehead atoms. The van der Waals surface area contributed by atoms with Crippen molar-refractivity contribution < 1.29 is 9.59 Å². The minimum absolute atomic E-state index is 0.0589. The Kier molecular flexibility index (Phi) is 3.48. The smallest absolute Gasteiger partial charge is 0.296 e. The Morgan fingerprint density at radius 1 is 1.15 bits per heavy atom. The van der Waals surface area contributed by atoms with Gasteiger partial charge in [0, 0.05) is 17.0 Å². The molecular formula is C21H20N4O2. The predicted octanol–water partition coefficient (Wildman–Crippen LogP) is 3.48. The van der Waals surface area contributed by atoms with Crippen LogP contribution in [0.25, 0.3) is 10.8 Å². The number of hydrogen-bond donors (Lipinski definition) is 0. The molecule has 3 fully saturated rings. The van der Waals surface area contributed by atoms with Crippen LogP contribution in [0.1, 0.15) is 32.1 Å². The third kappa shape index (κ3) is 2.14. The van der Waals surface area contributed by atoms with Gasteiger partial charge in [0.1, 0.15) is 12.1 Å². The number of aromatic nitrogens is 1. The van der Waals surface area contributed by atoms with Gasteiger partial charge in [0.25, 0.3) is 5.91 Å². The lowest BCUT2D eigenvalue weighted by Crippen LogP contribution is -2.60. The molecule has 3 aliphatic rings. The van der Waals surface area contributed by atoms with Gasteiger partial charge in [-0.1, -0.05) is 43.5 Å². The minimum Gasteiger partial charge on any atom is -0.296 e. The summed E-state index contributed by atoms with van der Waals surface area (Å²) in [5.41, 5.74) is -0.334. The molecule has 27 heavy (non-hydrogen) atoms. The number of fused-ring (bicyclic) bond motifs is 1. The zero-order valence-corrected chi connectivity index (χ0v) is 15.0. The van der Waals surface area contributed by atoms with Crippen molar-refractivity contribution in [3.05, 3.63) is 36.7 Å². The molecule has 1 saturated heterocycles. The number of carbonyl (C=O) groups is 2. The topological polar surface area (TPSA) is 77.3 Å². The highest BCUT2D eigenvalue weighted by Crippen LogP contribution is 2.55. The summed E-state index contributed by atoms with van der Waals surface area (Å²) in [5.74, 6) is 0.967. The van der Waals surface area contributed by atoms with Crippen molar-refractivity contribution in [3.8, 4) is 6.07 Å². The second kappa shape index (κ2) is 5.78. The Labute approximate surface area is 157 Å². The van der Waals surface area contributed by atoms with E-state index in [1.165, 1.54) is 29.1 Å². The van der Waals surface area contributed by atoms with E-state index in [0.717, 1.165) is 10.8 Å². The maximum Gasteiger partial charge on any atom is 0.333 e. The first-order valence-electron chi connectivity index (χ1n) is 9.51. The number of nitriles is 1. The van der Waals surface area contributed by atoms with Gasteiger partial charge in [0.2, 0.25) is 0 Å². The van der Waals surface area contributed by atoms with E-state index in [9.17, 15) is 14.9 Å². The molecule has 2 heterocycles. The van der Waals surface area contributed by atoms with E-state index in [1.54, 1.807) is 12.4 Å². The third-order valence-corrected chi connectivity index (χ3v) is 6.67. The highest BCUT2D eigenvalue weighted by atomic mass is 16.2. The molecule has 0 unspecified atom stereocenters. The summed E-state index contributed by atoms with van der Waals surface area (Å²) >= 11 is 0. The van der Waals surface area contributed by atoms with Gasteiger partial charge in [-0.3, -0.25) is 14.7 Å². The molecule has 3 amide bonds. The van der Waals surface area contributed by atoms with E-state index < -0.39 is 11.6 Å². The SMILES string of the molecule is N#CCN1C(=O)N(c2cncc3ccccc23)C(=O)C12CC(C1CCC1)C2. The lowest BCUT2D eigenvalue weighted by molar-refractivity contribution is -0.134. The summed E-state index contributed by atoms with van der Waals surface area (Å²) in [5, 5.41) is 11.0. The van der Waals surface area contributed by atoms with Crippen molar-refractivity contribution in [1.29, 1.82) is 5.26 Å². The van der Waals surface area contributed by atoms with Crippen LogP contribution >= 0.6 is 0 Å². The van der Waals surface area contributed by atoms with Crippen molar-refractivity contribution in [2.45, 2.75) is 37.6 Å². The first kappa shape index (κ1) is 16.2. The molecule has 0 atom stereocenters. The summed E-state index contributed by atoms with van der Waals surface area (Å²) in [4.78, 5) is 33.6. The molecule has 1 spiro atoms. The van der Waals surface area contributed by atoms with Gasteiger partial charge >= 0.3 is 6.03 Å². The molecule has 0 N–H and O–H groups in total. The van der Waals surface area contributed by atoms with Crippen molar-refractivity contribution >= 4 is 28.4 Å². The third-order valence-electron chi connectivity index (χ3n) is 6.67. The first-order valence-corrected chi connectivity index (χ1v) is 9.51. The average Bonchev–Trinajstić information content (AvgIpc) is 2.81. The molecule has 2 saturated carbocycles. The van der Waals surface area contributed by atoms with Gasteiger partial charge < -0.3 is 0 Å². The van der Waals surface area contributed by atoms with E-state index in [0.29, 0.717) is 30.4 Å². The van der Waals surface area contributed by atoms with E-state index in [-0.39, 0.29) is 12.5 Å². The van der Waals surface area contributed by atoms with Gasteiger partial charge in [0.05, 0.1) is 18.0 Å². The second-order valence-electron chi connectivity index (χ2n) is 7.94. The fraction of sp³-hybridized carbons (Fsp3) is 0.429. The van der Waals surface area contributed by atoms with Crippen LogP contribution in [0.2, 0.25) is 0 Å². The lowest BCUT2D eigenvalue weighted by atomic mass is 9.58. The van der Waals surface area contributed by atoms with E-state index >= 15 is 0 Å². The van der Waals surface area contributed by atoms with Crippen molar-refractivity contribution in [3.63, 3.8) is 0 Å². The number of rotatable bonds is 3. The van der Waals surface area contributed by atoms with Crippen LogP contribution in [0.5, 0.6) is 0 Å². The van der Waals surface area contributed by atoms with Crippen LogP contribution in [0.3, 0.4) is 0 Å². The Bertz CT molecular complexity index is 980. The second-order valence-corrected chi connectivity index (χ2v) is 7.94. The fourth-order valence-corrected chi connectivity index (χ4v) is 4.94. The highest BCUT2D eigenvalue weighted by Gasteiger charge is 2.65. The summed E-state index contributed by atoms with van der Waals surface area (Å²) in [6.07, 6.45) is 8.36. The van der Waals surface area contributed by atoms with Crippen LogP contribution < -0.4 is 4.90 Å². The molecule has 1 aromatic carbocycles. The van der Waals surface area contributed by atoms with Gasteiger partial charge in [-0.15, -0.1) is 0 Å². The largest absolute Gasteiger partial charge is 0.333 e. The molecule has 1 aromatic heterocycles. The van der Waals surface area contributed by atoms with E-state index in [4.69, 9.17) is 0 Å². The first-order chi connectivity index (χ1) is 13.2. The summed E-state index contributed by atoms with van der Waals surface area (Å²) in [7, 11) is 0. The molecule has 2 aromatic rings. The van der Waals surface area contributed by atoms with Gasteiger partial charge in [-0.05, 0) is 24.7 Å². The lowest BCUT2D eigenvalue weighted by Gasteiger charge is -2.51. The normalized spacial score (nSPS) is 27.7. The molecule has 1 aliphatic heterocycles. The van der Waals surface area contributed by atoms with Crippen LogP contribution in [-0.2, 0) is 4.79 Å². The Balaban J connectivity index is 1.55. The van der Waals surface area contributed by atoms with Gasteiger partial charge in [0.15, 0.2) is 0 Å². The summed E-state index contributed by atoms with van der Waals surface area (Å²) < 4.78 is 0. The number of urea groups is 1. The quantitative estimate of drug-likeness (QED) is 0.620. The predicted molar refractivity (Wildman–Crippen MR) is 99.7 cm³/mol. The Morgan fingerprint density at radius 3 is 2.63 bits per heavy atom.